The number of para-hydroxylation sites is 1. The topological polar surface area (TPSA) is 54.4 Å². The molecule has 0 unspecified atom stereocenters. The van der Waals surface area contributed by atoms with E-state index >= 15 is 0 Å². The van der Waals surface area contributed by atoms with Gasteiger partial charge in [0.05, 0.1) is 22.5 Å². The number of nitrogens with zero attached hydrogens (tertiary/aromatic N) is 2. The van der Waals surface area contributed by atoms with Crippen LogP contribution in [-0.4, -0.2) is 22.5 Å². The van der Waals surface area contributed by atoms with Gasteiger partial charge < -0.3 is 0 Å². The lowest BCUT2D eigenvalue weighted by molar-refractivity contribution is 0.0956. The summed E-state index contributed by atoms with van der Waals surface area (Å²) in [6.07, 6.45) is 1.42. The van der Waals surface area contributed by atoms with E-state index in [-0.39, 0.29) is 11.3 Å². The number of amides is 1. The van der Waals surface area contributed by atoms with Gasteiger partial charge in [-0.25, -0.2) is 10.4 Å². The van der Waals surface area contributed by atoms with Crippen LogP contribution in [0.25, 0.3) is 22.2 Å². The number of rotatable bonds is 7. The summed E-state index contributed by atoms with van der Waals surface area (Å²) in [4.78, 5) is 18.2. The van der Waals surface area contributed by atoms with Gasteiger partial charge in [0, 0.05) is 21.9 Å². The average Bonchev–Trinajstić information content (AvgIpc) is 2.88. The molecule has 3 aromatic carbocycles. The summed E-state index contributed by atoms with van der Waals surface area (Å²) in [6.45, 7) is 6.55. The fourth-order valence-electron chi connectivity index (χ4n) is 3.97. The van der Waals surface area contributed by atoms with Crippen LogP contribution >= 0.6 is 23.2 Å². The van der Waals surface area contributed by atoms with E-state index < -0.39 is 0 Å². The highest BCUT2D eigenvalue weighted by Crippen LogP contribution is 2.26. The molecule has 184 valence electrons. The first-order valence-electron chi connectivity index (χ1n) is 12.0. The van der Waals surface area contributed by atoms with Gasteiger partial charge in [0.25, 0.3) is 5.91 Å². The molecule has 0 spiro atoms. The molecule has 4 rings (SSSR count). The minimum atomic E-state index is -0.293. The highest BCUT2D eigenvalue weighted by molar-refractivity contribution is 6.30. The number of hydrogen-bond donors (Lipinski definition) is 1. The first kappa shape index (κ1) is 25.9. The van der Waals surface area contributed by atoms with Gasteiger partial charge in [0.2, 0.25) is 0 Å². The number of hydrazone groups is 1. The molecular formula is C30H29Cl2N3O. The van der Waals surface area contributed by atoms with Crippen molar-refractivity contribution in [3.63, 3.8) is 0 Å². The number of nitrogens with one attached hydrogen (secondary N) is 1. The molecule has 4 nitrogen and oxygen atoms in total. The molecule has 0 aliphatic carbocycles. The zero-order valence-electron chi connectivity index (χ0n) is 20.7. The Morgan fingerprint density at radius 1 is 0.972 bits per heavy atom. The lowest BCUT2D eigenvalue weighted by Gasteiger charge is -2.19. The van der Waals surface area contributed by atoms with Crippen molar-refractivity contribution in [2.75, 3.05) is 5.88 Å². The molecule has 0 aliphatic heterocycles. The van der Waals surface area contributed by atoms with Crippen molar-refractivity contribution in [1.29, 1.82) is 0 Å². The van der Waals surface area contributed by atoms with Crippen molar-refractivity contribution in [2.24, 2.45) is 5.10 Å². The number of aromatic nitrogens is 1. The SMILES string of the molecule is CC(C)(C)c1ccc(C(CCCCl)=NNC(=O)c2cc(-c3ccc(Cl)cc3)nc3ccccc23)cc1. The van der Waals surface area contributed by atoms with Crippen molar-refractivity contribution in [1.82, 2.24) is 10.4 Å². The fraction of sp³-hybridized carbons (Fsp3) is 0.233. The number of fused-ring (bicyclic) bond motifs is 1. The first-order chi connectivity index (χ1) is 17.3. The van der Waals surface area contributed by atoms with Crippen LogP contribution in [0.1, 0.15) is 55.1 Å². The number of halogens is 2. The lowest BCUT2D eigenvalue weighted by atomic mass is 9.86. The second-order valence-corrected chi connectivity index (χ2v) is 10.5. The van der Waals surface area contributed by atoms with E-state index in [1.807, 2.05) is 48.5 Å². The van der Waals surface area contributed by atoms with E-state index in [2.05, 4.69) is 55.6 Å². The number of pyridine rings is 1. The second-order valence-electron chi connectivity index (χ2n) is 9.70. The number of carbonyl (C=O) groups is 1. The standard InChI is InChI=1S/C30H29Cl2N3O/c1-30(2,3)22-14-10-20(11-15-22)26(9-6-18-31)34-35-29(36)25-19-28(21-12-16-23(32)17-13-21)33-27-8-5-4-7-24(25)27/h4-5,7-8,10-17,19H,6,9,18H2,1-3H3,(H,35,36). The third-order valence-corrected chi connectivity index (χ3v) is 6.54. The number of hydrogen-bond acceptors (Lipinski definition) is 3. The Hall–Kier alpha value is -3.21. The molecule has 1 aromatic heterocycles. The van der Waals surface area contributed by atoms with E-state index in [1.54, 1.807) is 6.07 Å². The smallest absolute Gasteiger partial charge is 0.267 e. The molecular weight excluding hydrogens is 489 g/mol. The second kappa shape index (κ2) is 11.2. The van der Waals surface area contributed by atoms with Crippen molar-refractivity contribution < 1.29 is 4.79 Å². The zero-order valence-corrected chi connectivity index (χ0v) is 22.2. The van der Waals surface area contributed by atoms with E-state index in [0.717, 1.165) is 34.2 Å². The molecule has 0 saturated heterocycles. The van der Waals surface area contributed by atoms with Crippen molar-refractivity contribution >= 4 is 45.7 Å². The van der Waals surface area contributed by atoms with Gasteiger partial charge >= 0.3 is 0 Å². The Morgan fingerprint density at radius 3 is 2.33 bits per heavy atom. The normalized spacial score (nSPS) is 12.1. The maximum Gasteiger partial charge on any atom is 0.272 e. The summed E-state index contributed by atoms with van der Waals surface area (Å²) in [6, 6.07) is 25.1. The molecule has 0 atom stereocenters. The zero-order chi connectivity index (χ0) is 25.7. The van der Waals surface area contributed by atoms with Gasteiger partial charge in [-0.15, -0.1) is 11.6 Å². The lowest BCUT2D eigenvalue weighted by Crippen LogP contribution is -2.21. The fourth-order valence-corrected chi connectivity index (χ4v) is 4.23. The minimum Gasteiger partial charge on any atom is -0.267 e. The maximum atomic E-state index is 13.4. The van der Waals surface area contributed by atoms with Gasteiger partial charge in [-0.05, 0) is 53.6 Å². The van der Waals surface area contributed by atoms with Crippen LogP contribution in [0.3, 0.4) is 0 Å². The van der Waals surface area contributed by atoms with E-state index in [4.69, 9.17) is 28.2 Å². The molecule has 0 saturated carbocycles. The Bertz CT molecular complexity index is 1390. The Kier molecular flexibility index (Phi) is 8.07. The van der Waals surface area contributed by atoms with E-state index in [9.17, 15) is 4.79 Å². The number of benzene rings is 3. The van der Waals surface area contributed by atoms with Crippen LogP contribution in [0.4, 0.5) is 0 Å². The average molecular weight is 518 g/mol. The highest BCUT2D eigenvalue weighted by Gasteiger charge is 2.16. The van der Waals surface area contributed by atoms with Crippen LogP contribution in [0.2, 0.25) is 5.02 Å². The van der Waals surface area contributed by atoms with E-state index in [1.165, 1.54) is 5.56 Å². The monoisotopic (exact) mass is 517 g/mol. The summed E-state index contributed by atoms with van der Waals surface area (Å²) in [5, 5.41) is 5.95. The molecule has 0 bridgehead atoms. The van der Waals surface area contributed by atoms with Gasteiger partial charge in [0.1, 0.15) is 0 Å². The van der Waals surface area contributed by atoms with Gasteiger partial charge in [-0.3, -0.25) is 4.79 Å². The van der Waals surface area contributed by atoms with Crippen molar-refractivity contribution in [3.8, 4) is 11.3 Å². The molecule has 4 aromatic rings. The molecule has 1 heterocycles. The van der Waals surface area contributed by atoms with Gasteiger partial charge in [-0.1, -0.05) is 87.0 Å². The predicted molar refractivity (Wildman–Crippen MR) is 151 cm³/mol. The number of carbonyl (C=O) groups excluding carboxylic acids is 1. The summed E-state index contributed by atoms with van der Waals surface area (Å²) in [5.41, 5.74) is 8.67. The van der Waals surface area contributed by atoms with E-state index in [0.29, 0.717) is 28.6 Å². The summed E-state index contributed by atoms with van der Waals surface area (Å²) < 4.78 is 0. The molecule has 36 heavy (non-hydrogen) atoms. The molecule has 1 N–H and O–H groups in total. The molecule has 1 amide bonds. The van der Waals surface area contributed by atoms with Crippen LogP contribution in [0.5, 0.6) is 0 Å². The quantitative estimate of drug-likeness (QED) is 0.153. The van der Waals surface area contributed by atoms with Crippen molar-refractivity contribution in [2.45, 2.75) is 39.0 Å². The first-order valence-corrected chi connectivity index (χ1v) is 12.9. The van der Waals surface area contributed by atoms with Gasteiger partial charge in [0.15, 0.2) is 0 Å². The van der Waals surface area contributed by atoms with Crippen LogP contribution in [0.15, 0.2) is 84.0 Å². The Balaban J connectivity index is 1.68. The van der Waals surface area contributed by atoms with Gasteiger partial charge in [-0.2, -0.15) is 5.10 Å². The van der Waals surface area contributed by atoms with Crippen LogP contribution < -0.4 is 5.43 Å². The summed E-state index contributed by atoms with van der Waals surface area (Å²) in [7, 11) is 0. The third kappa shape index (κ3) is 6.13. The summed E-state index contributed by atoms with van der Waals surface area (Å²) in [5.74, 6) is 0.227. The predicted octanol–water partition coefficient (Wildman–Crippen LogP) is 8.01. The molecule has 0 radical (unpaired) electrons. The number of alkyl halides is 1. The third-order valence-electron chi connectivity index (χ3n) is 6.02. The van der Waals surface area contributed by atoms with Crippen LogP contribution in [0, 0.1) is 0 Å². The van der Waals surface area contributed by atoms with Crippen LogP contribution in [-0.2, 0) is 5.41 Å². The molecule has 0 fully saturated rings. The Morgan fingerprint density at radius 2 is 1.67 bits per heavy atom. The molecule has 6 heteroatoms. The summed E-state index contributed by atoms with van der Waals surface area (Å²) >= 11 is 12.0. The van der Waals surface area contributed by atoms with Crippen molar-refractivity contribution in [3.05, 3.63) is 101 Å². The minimum absolute atomic E-state index is 0.0599. The maximum absolute atomic E-state index is 13.4. The largest absolute Gasteiger partial charge is 0.272 e. The molecule has 0 aliphatic rings. The Labute approximate surface area is 222 Å². The highest BCUT2D eigenvalue weighted by atomic mass is 35.5.